The Morgan fingerprint density at radius 1 is 1.15 bits per heavy atom. The lowest BCUT2D eigenvalue weighted by molar-refractivity contribution is -0.135. The molecule has 0 spiro atoms. The fraction of sp³-hybridized carbons (Fsp3) is 0.458. The summed E-state index contributed by atoms with van der Waals surface area (Å²) >= 11 is 0. The molecule has 4 rings (SSSR count). The van der Waals surface area contributed by atoms with Gasteiger partial charge >= 0.3 is 0 Å². The van der Waals surface area contributed by atoms with Crippen molar-refractivity contribution in [2.75, 3.05) is 17.8 Å². The SMILES string of the molecule is CC(C)(C)CC(=O)N1C[C@@H]2C[C@H](C1)c1ccc(NS(=O)(=O)c3ccccc3C#N)c(=O)n1C2. The summed E-state index contributed by atoms with van der Waals surface area (Å²) in [7, 11) is -4.10. The van der Waals surface area contributed by atoms with Crippen LogP contribution in [-0.2, 0) is 21.4 Å². The third-order valence-electron chi connectivity index (χ3n) is 6.18. The highest BCUT2D eigenvalue weighted by molar-refractivity contribution is 7.92. The molecule has 1 N–H and O–H groups in total. The number of aromatic nitrogens is 1. The Morgan fingerprint density at radius 2 is 1.88 bits per heavy atom. The summed E-state index contributed by atoms with van der Waals surface area (Å²) in [6, 6.07) is 11.0. The van der Waals surface area contributed by atoms with E-state index in [0.29, 0.717) is 26.1 Å². The Labute approximate surface area is 193 Å². The Balaban J connectivity index is 1.61. The second kappa shape index (κ2) is 8.34. The molecule has 1 saturated heterocycles. The molecule has 0 radical (unpaired) electrons. The summed E-state index contributed by atoms with van der Waals surface area (Å²) in [4.78, 5) is 27.7. The number of amides is 1. The van der Waals surface area contributed by atoms with Gasteiger partial charge in [-0.3, -0.25) is 14.3 Å². The van der Waals surface area contributed by atoms with Crippen molar-refractivity contribution in [3.63, 3.8) is 0 Å². The van der Waals surface area contributed by atoms with Crippen LogP contribution in [0.4, 0.5) is 5.69 Å². The number of nitrogens with zero attached hydrogens (tertiary/aromatic N) is 3. The number of sulfonamides is 1. The van der Waals surface area contributed by atoms with Crippen LogP contribution in [-0.4, -0.2) is 36.9 Å². The smallest absolute Gasteiger partial charge is 0.275 e. The number of hydrogen-bond donors (Lipinski definition) is 1. The van der Waals surface area contributed by atoms with Crippen LogP contribution in [0.2, 0.25) is 0 Å². The maximum absolute atomic E-state index is 13.2. The Hall–Kier alpha value is -3.12. The predicted molar refractivity (Wildman–Crippen MR) is 124 cm³/mol. The molecular weight excluding hydrogens is 440 g/mol. The van der Waals surface area contributed by atoms with Crippen LogP contribution in [0.15, 0.2) is 46.1 Å². The van der Waals surface area contributed by atoms with Crippen LogP contribution in [0.1, 0.15) is 50.8 Å². The number of carbonyl (C=O) groups excluding carboxylic acids is 1. The van der Waals surface area contributed by atoms with Crippen LogP contribution in [0.5, 0.6) is 0 Å². The van der Waals surface area contributed by atoms with Crippen LogP contribution in [0.25, 0.3) is 0 Å². The van der Waals surface area contributed by atoms with Gasteiger partial charge in [-0.15, -0.1) is 0 Å². The zero-order chi connectivity index (χ0) is 24.0. The lowest BCUT2D eigenvalue weighted by Gasteiger charge is -2.43. The fourth-order valence-corrected chi connectivity index (χ4v) is 6.00. The maximum atomic E-state index is 13.2. The first kappa shape index (κ1) is 23.1. The molecule has 33 heavy (non-hydrogen) atoms. The summed E-state index contributed by atoms with van der Waals surface area (Å²) in [6.07, 6.45) is 1.38. The first-order valence-corrected chi connectivity index (χ1v) is 12.5. The van der Waals surface area contributed by atoms with Crippen LogP contribution in [0.3, 0.4) is 0 Å². The number of likely N-dealkylation sites (tertiary alicyclic amines) is 1. The highest BCUT2D eigenvalue weighted by Gasteiger charge is 2.37. The summed E-state index contributed by atoms with van der Waals surface area (Å²) < 4.78 is 29.8. The summed E-state index contributed by atoms with van der Waals surface area (Å²) in [5, 5.41) is 9.24. The number of piperidine rings is 1. The average Bonchev–Trinajstić information content (AvgIpc) is 2.74. The number of nitriles is 1. The van der Waals surface area contributed by atoms with Crippen LogP contribution in [0, 0.1) is 22.7 Å². The zero-order valence-corrected chi connectivity index (χ0v) is 19.9. The quantitative estimate of drug-likeness (QED) is 0.741. The van der Waals surface area contributed by atoms with Gasteiger partial charge in [0.05, 0.1) is 5.56 Å². The van der Waals surface area contributed by atoms with Gasteiger partial charge < -0.3 is 9.47 Å². The molecule has 3 heterocycles. The number of hydrogen-bond acceptors (Lipinski definition) is 5. The molecule has 2 bridgehead atoms. The summed E-state index contributed by atoms with van der Waals surface area (Å²) in [5.41, 5.74) is 0.290. The van der Waals surface area contributed by atoms with E-state index in [1.165, 1.54) is 24.3 Å². The van der Waals surface area contributed by atoms with Crippen molar-refractivity contribution < 1.29 is 13.2 Å². The molecular formula is C24H28N4O4S. The molecule has 2 atom stereocenters. The molecule has 2 aromatic rings. The van der Waals surface area contributed by atoms with E-state index in [0.717, 1.165) is 12.1 Å². The first-order chi connectivity index (χ1) is 15.5. The van der Waals surface area contributed by atoms with E-state index in [4.69, 9.17) is 0 Å². The van der Waals surface area contributed by atoms with Crippen molar-refractivity contribution in [3.8, 4) is 6.07 Å². The molecule has 1 fully saturated rings. The molecule has 9 heteroatoms. The summed E-state index contributed by atoms with van der Waals surface area (Å²) in [5.74, 6) is 0.316. The van der Waals surface area contributed by atoms with E-state index >= 15 is 0 Å². The maximum Gasteiger partial charge on any atom is 0.275 e. The second-order valence-electron chi connectivity index (χ2n) is 10.1. The highest BCUT2D eigenvalue weighted by atomic mass is 32.2. The van der Waals surface area contributed by atoms with Crippen molar-refractivity contribution in [1.82, 2.24) is 9.47 Å². The average molecular weight is 469 g/mol. The van der Waals surface area contributed by atoms with Crippen molar-refractivity contribution in [2.45, 2.75) is 51.0 Å². The second-order valence-corrected chi connectivity index (χ2v) is 11.8. The van der Waals surface area contributed by atoms with Crippen molar-refractivity contribution in [3.05, 3.63) is 58.0 Å². The van der Waals surface area contributed by atoms with E-state index < -0.39 is 15.6 Å². The molecule has 8 nitrogen and oxygen atoms in total. The molecule has 0 saturated carbocycles. The van der Waals surface area contributed by atoms with Gasteiger partial charge in [-0.2, -0.15) is 5.26 Å². The summed E-state index contributed by atoms with van der Waals surface area (Å²) in [6.45, 7) is 7.73. The molecule has 1 aromatic carbocycles. The topological polar surface area (TPSA) is 112 Å². The Bertz CT molecular complexity index is 1300. The van der Waals surface area contributed by atoms with Crippen molar-refractivity contribution >= 4 is 21.6 Å². The van der Waals surface area contributed by atoms with E-state index in [1.807, 2.05) is 31.7 Å². The normalized spacial score (nSPS) is 20.0. The van der Waals surface area contributed by atoms with Gasteiger partial charge in [-0.05, 0) is 42.0 Å². The highest BCUT2D eigenvalue weighted by Crippen LogP contribution is 2.36. The third-order valence-corrected chi connectivity index (χ3v) is 7.60. The number of nitrogens with one attached hydrogen (secondary N) is 1. The number of pyridine rings is 1. The molecule has 2 aliphatic rings. The standard InChI is InChI=1S/C24H28N4O4S/c1-24(2,3)11-22(29)27-13-16-10-18(15-27)20-9-8-19(23(30)28(20)14-16)26-33(31,32)21-7-5-4-6-17(21)12-25/h4-9,16,18,26H,10-11,13-15H2,1-3H3/t16-,18+/m0/s1. The van der Waals surface area contributed by atoms with E-state index in [2.05, 4.69) is 4.72 Å². The van der Waals surface area contributed by atoms with Crippen LogP contribution >= 0.6 is 0 Å². The van der Waals surface area contributed by atoms with Crippen molar-refractivity contribution in [1.29, 1.82) is 5.26 Å². The van der Waals surface area contributed by atoms with Crippen LogP contribution < -0.4 is 10.3 Å². The van der Waals surface area contributed by atoms with Gasteiger partial charge in [-0.25, -0.2) is 8.42 Å². The van der Waals surface area contributed by atoms with Gasteiger partial charge in [0, 0.05) is 37.7 Å². The van der Waals surface area contributed by atoms with E-state index in [9.17, 15) is 23.3 Å². The third kappa shape index (κ3) is 4.67. The number of anilines is 1. The number of benzene rings is 1. The lowest BCUT2D eigenvalue weighted by atomic mass is 9.82. The molecule has 0 aliphatic carbocycles. The number of fused-ring (bicyclic) bond motifs is 4. The molecule has 1 amide bonds. The lowest BCUT2D eigenvalue weighted by Crippen LogP contribution is -2.49. The Morgan fingerprint density at radius 3 is 2.58 bits per heavy atom. The van der Waals surface area contributed by atoms with Crippen molar-refractivity contribution in [2.24, 2.45) is 11.3 Å². The zero-order valence-electron chi connectivity index (χ0n) is 19.0. The number of carbonyl (C=O) groups is 1. The Kier molecular flexibility index (Phi) is 5.83. The largest absolute Gasteiger partial charge is 0.342 e. The van der Waals surface area contributed by atoms with E-state index in [-0.39, 0.29) is 39.3 Å². The van der Waals surface area contributed by atoms with Gasteiger partial charge in [-0.1, -0.05) is 32.9 Å². The minimum Gasteiger partial charge on any atom is -0.342 e. The van der Waals surface area contributed by atoms with Gasteiger partial charge in [0.25, 0.3) is 15.6 Å². The first-order valence-electron chi connectivity index (χ1n) is 11.0. The monoisotopic (exact) mass is 468 g/mol. The van der Waals surface area contributed by atoms with Gasteiger partial charge in [0.2, 0.25) is 5.91 Å². The van der Waals surface area contributed by atoms with E-state index in [1.54, 1.807) is 16.7 Å². The predicted octanol–water partition coefficient (Wildman–Crippen LogP) is 2.90. The molecule has 1 aromatic heterocycles. The van der Waals surface area contributed by atoms with Gasteiger partial charge in [0.15, 0.2) is 0 Å². The van der Waals surface area contributed by atoms with Gasteiger partial charge in [0.1, 0.15) is 16.7 Å². The number of rotatable bonds is 4. The molecule has 2 aliphatic heterocycles. The molecule has 0 unspecified atom stereocenters. The fourth-order valence-electron chi connectivity index (χ4n) is 4.79. The minimum absolute atomic E-state index is 0.0117. The molecule has 174 valence electrons. The minimum atomic E-state index is -4.10.